The molecule has 0 aliphatic heterocycles. The van der Waals surface area contributed by atoms with Gasteiger partial charge in [-0.2, -0.15) is 0 Å². The third kappa shape index (κ3) is 1.28. The Morgan fingerprint density at radius 2 is 2.00 bits per heavy atom. The first-order valence-corrected chi connectivity index (χ1v) is 5.71. The minimum absolute atomic E-state index is 0.105. The summed E-state index contributed by atoms with van der Waals surface area (Å²) in [7, 11) is 0. The van der Waals surface area contributed by atoms with Gasteiger partial charge in [-0.25, -0.2) is 0 Å². The van der Waals surface area contributed by atoms with Crippen molar-refractivity contribution in [3.05, 3.63) is 35.9 Å². The van der Waals surface area contributed by atoms with Crippen LogP contribution in [0, 0.1) is 5.41 Å². The molecule has 1 atom stereocenters. The second-order valence-electron chi connectivity index (χ2n) is 5.01. The summed E-state index contributed by atoms with van der Waals surface area (Å²) in [5, 5.41) is 12.5. The molecule has 1 aromatic rings. The lowest BCUT2D eigenvalue weighted by Crippen LogP contribution is -2.41. The van der Waals surface area contributed by atoms with E-state index in [1.165, 1.54) is 0 Å². The summed E-state index contributed by atoms with van der Waals surface area (Å²) in [4.78, 5) is 11.3. The Kier molecular flexibility index (Phi) is 1.89. The number of benzene rings is 1. The van der Waals surface area contributed by atoms with Crippen LogP contribution in [0.15, 0.2) is 30.3 Å². The van der Waals surface area contributed by atoms with Crippen molar-refractivity contribution >= 4 is 5.97 Å². The van der Waals surface area contributed by atoms with E-state index >= 15 is 0 Å². The first kappa shape index (κ1) is 9.85. The number of carbonyl (C=O) groups is 1. The van der Waals surface area contributed by atoms with Gasteiger partial charge in [0.2, 0.25) is 0 Å². The van der Waals surface area contributed by atoms with Gasteiger partial charge in [0.15, 0.2) is 0 Å². The second-order valence-corrected chi connectivity index (χ2v) is 5.01. The SMILES string of the molecule is O=C(O)C1(NCc2ccccc2)CC12CC2. The van der Waals surface area contributed by atoms with Gasteiger partial charge in [-0.05, 0) is 24.8 Å². The van der Waals surface area contributed by atoms with E-state index in [0.717, 1.165) is 24.8 Å². The van der Waals surface area contributed by atoms with Gasteiger partial charge in [0.1, 0.15) is 5.54 Å². The number of rotatable bonds is 4. The molecule has 3 nitrogen and oxygen atoms in total. The highest BCUT2D eigenvalue weighted by atomic mass is 16.4. The smallest absolute Gasteiger partial charge is 0.324 e. The van der Waals surface area contributed by atoms with Crippen LogP contribution in [0.2, 0.25) is 0 Å². The molecule has 0 radical (unpaired) electrons. The van der Waals surface area contributed by atoms with Gasteiger partial charge in [0.05, 0.1) is 0 Å². The van der Waals surface area contributed by atoms with Gasteiger partial charge in [-0.15, -0.1) is 0 Å². The molecule has 1 unspecified atom stereocenters. The molecule has 3 rings (SSSR count). The normalized spacial score (nSPS) is 29.0. The first-order valence-electron chi connectivity index (χ1n) is 5.71. The van der Waals surface area contributed by atoms with Crippen LogP contribution in [0.25, 0.3) is 0 Å². The lowest BCUT2D eigenvalue weighted by Gasteiger charge is -2.14. The molecule has 1 aromatic carbocycles. The van der Waals surface area contributed by atoms with Gasteiger partial charge in [0, 0.05) is 12.0 Å². The maximum atomic E-state index is 11.3. The van der Waals surface area contributed by atoms with Crippen LogP contribution in [0.1, 0.15) is 24.8 Å². The molecule has 0 aromatic heterocycles. The fourth-order valence-electron chi connectivity index (χ4n) is 2.69. The quantitative estimate of drug-likeness (QED) is 0.808. The maximum absolute atomic E-state index is 11.3. The molecular weight excluding hydrogens is 202 g/mol. The molecule has 0 saturated heterocycles. The highest BCUT2D eigenvalue weighted by molar-refractivity contribution is 5.86. The number of nitrogens with one attached hydrogen (secondary N) is 1. The van der Waals surface area contributed by atoms with Crippen molar-refractivity contribution in [3.8, 4) is 0 Å². The molecule has 2 aliphatic carbocycles. The van der Waals surface area contributed by atoms with E-state index in [9.17, 15) is 9.90 Å². The average molecular weight is 217 g/mol. The fraction of sp³-hybridized carbons (Fsp3) is 0.462. The molecular formula is C13H15NO2. The lowest BCUT2D eigenvalue weighted by atomic mass is 10.1. The zero-order valence-electron chi connectivity index (χ0n) is 9.07. The van der Waals surface area contributed by atoms with Crippen LogP contribution in [0.5, 0.6) is 0 Å². The van der Waals surface area contributed by atoms with Gasteiger partial charge in [-0.3, -0.25) is 10.1 Å². The van der Waals surface area contributed by atoms with Crippen LogP contribution >= 0.6 is 0 Å². The number of hydrogen-bond acceptors (Lipinski definition) is 2. The van der Waals surface area contributed by atoms with Crippen molar-refractivity contribution < 1.29 is 9.90 Å². The van der Waals surface area contributed by atoms with Crippen LogP contribution in [0.4, 0.5) is 0 Å². The van der Waals surface area contributed by atoms with Crippen molar-refractivity contribution in [1.82, 2.24) is 5.32 Å². The summed E-state index contributed by atoms with van der Waals surface area (Å²) in [6.07, 6.45) is 2.95. The van der Waals surface area contributed by atoms with Crippen LogP contribution < -0.4 is 5.32 Å². The Balaban J connectivity index is 1.69. The monoisotopic (exact) mass is 217 g/mol. The standard InChI is InChI=1S/C13H15NO2/c15-11(16)13(9-12(13)6-7-12)14-8-10-4-2-1-3-5-10/h1-5,14H,6-9H2,(H,15,16). The van der Waals surface area contributed by atoms with Gasteiger partial charge >= 0.3 is 5.97 Å². The number of hydrogen-bond donors (Lipinski definition) is 2. The molecule has 2 N–H and O–H groups in total. The third-order valence-corrected chi connectivity index (χ3v) is 4.04. The highest BCUT2D eigenvalue weighted by Crippen LogP contribution is 2.73. The number of carboxylic acid groups (broad SMARTS) is 1. The molecule has 1 spiro atoms. The zero-order valence-corrected chi connectivity index (χ0v) is 9.07. The molecule has 0 heterocycles. The molecule has 0 amide bonds. The average Bonchev–Trinajstić information content (AvgIpc) is 3.18. The summed E-state index contributed by atoms with van der Waals surface area (Å²) < 4.78 is 0. The maximum Gasteiger partial charge on any atom is 0.324 e. The largest absolute Gasteiger partial charge is 0.480 e. The fourth-order valence-corrected chi connectivity index (χ4v) is 2.69. The molecule has 2 fully saturated rings. The summed E-state index contributed by atoms with van der Waals surface area (Å²) in [5.41, 5.74) is 0.627. The van der Waals surface area contributed by atoms with Crippen molar-refractivity contribution in [2.75, 3.05) is 0 Å². The summed E-state index contributed by atoms with van der Waals surface area (Å²) >= 11 is 0. The predicted molar refractivity (Wildman–Crippen MR) is 59.9 cm³/mol. The van der Waals surface area contributed by atoms with E-state index in [0.29, 0.717) is 6.54 Å². The molecule has 84 valence electrons. The molecule has 2 saturated carbocycles. The van der Waals surface area contributed by atoms with E-state index < -0.39 is 11.5 Å². The van der Waals surface area contributed by atoms with E-state index in [2.05, 4.69) is 5.32 Å². The minimum atomic E-state index is -0.680. The van der Waals surface area contributed by atoms with Crippen molar-refractivity contribution in [2.45, 2.75) is 31.3 Å². The summed E-state index contributed by atoms with van der Waals surface area (Å²) in [5.74, 6) is -0.680. The Hall–Kier alpha value is -1.35. The van der Waals surface area contributed by atoms with Crippen LogP contribution in [0.3, 0.4) is 0 Å². The molecule has 2 aliphatic rings. The summed E-state index contributed by atoms with van der Waals surface area (Å²) in [6, 6.07) is 9.96. The second kappa shape index (κ2) is 3.08. The first-order chi connectivity index (χ1) is 7.69. The van der Waals surface area contributed by atoms with E-state index in [1.54, 1.807) is 0 Å². The van der Waals surface area contributed by atoms with Crippen LogP contribution in [-0.2, 0) is 11.3 Å². The third-order valence-electron chi connectivity index (χ3n) is 4.04. The number of carboxylic acids is 1. The van der Waals surface area contributed by atoms with Gasteiger partial charge in [-0.1, -0.05) is 30.3 Å². The van der Waals surface area contributed by atoms with Crippen molar-refractivity contribution in [2.24, 2.45) is 5.41 Å². The predicted octanol–water partition coefficient (Wildman–Crippen LogP) is 1.78. The van der Waals surface area contributed by atoms with E-state index in [4.69, 9.17) is 0 Å². The van der Waals surface area contributed by atoms with Gasteiger partial charge < -0.3 is 5.11 Å². The highest BCUT2D eigenvalue weighted by Gasteiger charge is 2.78. The van der Waals surface area contributed by atoms with Crippen LogP contribution in [-0.4, -0.2) is 16.6 Å². The number of aliphatic carboxylic acids is 1. The Morgan fingerprint density at radius 3 is 2.50 bits per heavy atom. The minimum Gasteiger partial charge on any atom is -0.480 e. The molecule has 3 heteroatoms. The Morgan fingerprint density at radius 1 is 1.31 bits per heavy atom. The van der Waals surface area contributed by atoms with Crippen molar-refractivity contribution in [1.29, 1.82) is 0 Å². The van der Waals surface area contributed by atoms with E-state index in [-0.39, 0.29) is 5.41 Å². The lowest BCUT2D eigenvalue weighted by molar-refractivity contribution is -0.141. The molecule has 0 bridgehead atoms. The molecule has 16 heavy (non-hydrogen) atoms. The zero-order chi connectivity index (χ0) is 11.2. The topological polar surface area (TPSA) is 49.3 Å². The Bertz CT molecular complexity index is 425. The van der Waals surface area contributed by atoms with Crippen molar-refractivity contribution in [3.63, 3.8) is 0 Å². The van der Waals surface area contributed by atoms with Gasteiger partial charge in [0.25, 0.3) is 0 Å². The van der Waals surface area contributed by atoms with E-state index in [1.807, 2.05) is 30.3 Å². The summed E-state index contributed by atoms with van der Waals surface area (Å²) in [6.45, 7) is 0.648. The Labute approximate surface area is 94.5 Å².